The molecule has 26 heavy (non-hydrogen) atoms. The molecule has 3 rings (SSSR count). The maximum absolute atomic E-state index is 12.2. The summed E-state index contributed by atoms with van der Waals surface area (Å²) in [6, 6.07) is 7.50. The van der Waals surface area contributed by atoms with Gasteiger partial charge in [0.2, 0.25) is 0 Å². The van der Waals surface area contributed by atoms with Gasteiger partial charge in [0.1, 0.15) is 12.4 Å². The van der Waals surface area contributed by atoms with Gasteiger partial charge in [-0.2, -0.15) is 0 Å². The summed E-state index contributed by atoms with van der Waals surface area (Å²) < 4.78 is 10.8. The summed E-state index contributed by atoms with van der Waals surface area (Å²) in [5, 5.41) is 5.82. The van der Waals surface area contributed by atoms with Crippen molar-refractivity contribution in [1.29, 1.82) is 0 Å². The first-order chi connectivity index (χ1) is 12.7. The summed E-state index contributed by atoms with van der Waals surface area (Å²) in [5.41, 5.74) is 0.643. The van der Waals surface area contributed by atoms with Crippen LogP contribution in [0.3, 0.4) is 0 Å². The van der Waals surface area contributed by atoms with Crippen molar-refractivity contribution in [2.45, 2.75) is 37.8 Å². The van der Waals surface area contributed by atoms with Gasteiger partial charge >= 0.3 is 6.03 Å². The summed E-state index contributed by atoms with van der Waals surface area (Å²) in [6.45, 7) is 2.20. The molecule has 1 atom stereocenters. The van der Waals surface area contributed by atoms with Gasteiger partial charge in [0.25, 0.3) is 5.91 Å². The van der Waals surface area contributed by atoms with E-state index in [1.165, 1.54) is 0 Å². The molecule has 1 saturated carbocycles. The molecule has 7 nitrogen and oxygen atoms in total. The van der Waals surface area contributed by atoms with Crippen molar-refractivity contribution in [2.75, 3.05) is 33.4 Å². The van der Waals surface area contributed by atoms with E-state index in [0.717, 1.165) is 32.2 Å². The number of methoxy groups -OCH3 is 1. The maximum atomic E-state index is 12.2. The number of hydrogen-bond donors (Lipinski definition) is 2. The normalized spacial score (nSPS) is 19.3. The third-order valence-corrected chi connectivity index (χ3v) is 4.69. The number of nitrogens with one attached hydrogen (secondary N) is 2. The lowest BCUT2D eigenvalue weighted by Crippen LogP contribution is -2.45. The van der Waals surface area contributed by atoms with E-state index in [0.29, 0.717) is 37.1 Å². The molecule has 0 radical (unpaired) electrons. The van der Waals surface area contributed by atoms with Gasteiger partial charge in [0.05, 0.1) is 12.6 Å². The van der Waals surface area contributed by atoms with Gasteiger partial charge < -0.3 is 25.0 Å². The van der Waals surface area contributed by atoms with Gasteiger partial charge in [-0.05, 0) is 49.9 Å². The van der Waals surface area contributed by atoms with E-state index in [9.17, 15) is 9.59 Å². The molecule has 2 N–H and O–H groups in total. The number of ether oxygens (including phenoxy) is 2. The van der Waals surface area contributed by atoms with Crippen LogP contribution in [-0.4, -0.2) is 62.3 Å². The topological polar surface area (TPSA) is 79.9 Å². The van der Waals surface area contributed by atoms with Crippen LogP contribution in [0.4, 0.5) is 4.79 Å². The van der Waals surface area contributed by atoms with Crippen LogP contribution in [0.15, 0.2) is 24.3 Å². The SMILES string of the molecule is COCCNC(=O)N1CCCC1COc1ccc(C(=O)NC2CC2)cc1. The Balaban J connectivity index is 1.46. The predicted octanol–water partition coefficient (Wildman–Crippen LogP) is 1.78. The average Bonchev–Trinajstić information content (AvgIpc) is 3.33. The van der Waals surface area contributed by atoms with Crippen molar-refractivity contribution in [3.05, 3.63) is 29.8 Å². The lowest BCUT2D eigenvalue weighted by Gasteiger charge is -2.25. The van der Waals surface area contributed by atoms with Crippen molar-refractivity contribution in [1.82, 2.24) is 15.5 Å². The number of rotatable bonds is 8. The van der Waals surface area contributed by atoms with E-state index in [1.54, 1.807) is 31.4 Å². The lowest BCUT2D eigenvalue weighted by molar-refractivity contribution is 0.0951. The van der Waals surface area contributed by atoms with E-state index in [2.05, 4.69) is 10.6 Å². The Bertz CT molecular complexity index is 616. The quantitative estimate of drug-likeness (QED) is 0.692. The minimum absolute atomic E-state index is 0.0336. The van der Waals surface area contributed by atoms with Gasteiger partial charge in [-0.15, -0.1) is 0 Å². The fourth-order valence-electron chi connectivity index (χ4n) is 3.03. The summed E-state index contributed by atoms with van der Waals surface area (Å²) in [6.07, 6.45) is 4.05. The van der Waals surface area contributed by atoms with Crippen LogP contribution in [-0.2, 0) is 4.74 Å². The van der Waals surface area contributed by atoms with Crippen LogP contribution in [0.2, 0.25) is 0 Å². The molecule has 1 aliphatic heterocycles. The van der Waals surface area contributed by atoms with Gasteiger partial charge in [0.15, 0.2) is 0 Å². The van der Waals surface area contributed by atoms with Crippen LogP contribution < -0.4 is 15.4 Å². The summed E-state index contributed by atoms with van der Waals surface area (Å²) >= 11 is 0. The molecule has 1 aromatic carbocycles. The first kappa shape index (κ1) is 18.5. The Kier molecular flexibility index (Phi) is 6.33. The number of carbonyl (C=O) groups is 2. The van der Waals surface area contributed by atoms with Gasteiger partial charge in [-0.3, -0.25) is 4.79 Å². The van der Waals surface area contributed by atoms with Crippen LogP contribution in [0.25, 0.3) is 0 Å². The number of carbonyl (C=O) groups excluding carboxylic acids is 2. The van der Waals surface area contributed by atoms with Crippen molar-refractivity contribution in [2.24, 2.45) is 0 Å². The standard InChI is InChI=1S/C19H27N3O4/c1-25-12-10-20-19(24)22-11-2-3-16(22)13-26-17-8-4-14(5-9-17)18(23)21-15-6-7-15/h4-5,8-9,15-16H,2-3,6-7,10-13H2,1H3,(H,20,24)(H,21,23). The zero-order chi connectivity index (χ0) is 18.4. The molecule has 1 aromatic rings. The number of hydrogen-bond acceptors (Lipinski definition) is 4. The van der Waals surface area contributed by atoms with Gasteiger partial charge in [-0.1, -0.05) is 0 Å². The average molecular weight is 361 g/mol. The monoisotopic (exact) mass is 361 g/mol. The zero-order valence-corrected chi connectivity index (χ0v) is 15.2. The fourth-order valence-corrected chi connectivity index (χ4v) is 3.03. The summed E-state index contributed by atoms with van der Waals surface area (Å²) in [7, 11) is 1.61. The molecule has 1 aliphatic carbocycles. The lowest BCUT2D eigenvalue weighted by atomic mass is 10.2. The van der Waals surface area contributed by atoms with Crippen molar-refractivity contribution in [3.63, 3.8) is 0 Å². The van der Waals surface area contributed by atoms with Crippen LogP contribution in [0.1, 0.15) is 36.0 Å². The Morgan fingerprint density at radius 1 is 1.19 bits per heavy atom. The smallest absolute Gasteiger partial charge is 0.317 e. The van der Waals surface area contributed by atoms with Crippen molar-refractivity contribution >= 4 is 11.9 Å². The third kappa shape index (κ3) is 5.11. The molecule has 142 valence electrons. The third-order valence-electron chi connectivity index (χ3n) is 4.69. The minimum Gasteiger partial charge on any atom is -0.491 e. The Labute approximate surface area is 154 Å². The highest BCUT2D eigenvalue weighted by atomic mass is 16.5. The Morgan fingerprint density at radius 2 is 1.96 bits per heavy atom. The van der Waals surface area contributed by atoms with Crippen molar-refractivity contribution < 1.29 is 19.1 Å². The molecule has 7 heteroatoms. The molecule has 2 fully saturated rings. The molecule has 2 aliphatic rings. The van der Waals surface area contributed by atoms with E-state index in [-0.39, 0.29) is 18.0 Å². The van der Waals surface area contributed by atoms with E-state index < -0.39 is 0 Å². The molecular formula is C19H27N3O4. The predicted molar refractivity (Wildman–Crippen MR) is 97.4 cm³/mol. The Hall–Kier alpha value is -2.28. The van der Waals surface area contributed by atoms with Crippen LogP contribution in [0.5, 0.6) is 5.75 Å². The fraction of sp³-hybridized carbons (Fsp3) is 0.579. The second kappa shape index (κ2) is 8.89. The van der Waals surface area contributed by atoms with E-state index >= 15 is 0 Å². The number of likely N-dealkylation sites (tertiary alicyclic amines) is 1. The van der Waals surface area contributed by atoms with Crippen molar-refractivity contribution in [3.8, 4) is 5.75 Å². The molecule has 3 amide bonds. The molecule has 0 bridgehead atoms. The van der Waals surface area contributed by atoms with E-state index in [4.69, 9.17) is 9.47 Å². The molecule has 0 aromatic heterocycles. The summed E-state index contributed by atoms with van der Waals surface area (Å²) in [5.74, 6) is 0.674. The first-order valence-corrected chi connectivity index (χ1v) is 9.24. The second-order valence-electron chi connectivity index (χ2n) is 6.80. The Morgan fingerprint density at radius 3 is 2.65 bits per heavy atom. The largest absolute Gasteiger partial charge is 0.491 e. The molecule has 1 unspecified atom stereocenters. The highest BCUT2D eigenvalue weighted by molar-refractivity contribution is 5.94. The highest BCUT2D eigenvalue weighted by Crippen LogP contribution is 2.21. The molecule has 1 heterocycles. The minimum atomic E-state index is -0.0692. The first-order valence-electron chi connectivity index (χ1n) is 9.24. The molecule has 0 spiro atoms. The molecular weight excluding hydrogens is 334 g/mol. The zero-order valence-electron chi connectivity index (χ0n) is 15.2. The number of urea groups is 1. The van der Waals surface area contributed by atoms with Crippen LogP contribution in [0, 0.1) is 0 Å². The number of amides is 3. The number of benzene rings is 1. The maximum Gasteiger partial charge on any atom is 0.317 e. The van der Waals surface area contributed by atoms with Crippen LogP contribution >= 0.6 is 0 Å². The van der Waals surface area contributed by atoms with E-state index in [1.807, 2.05) is 4.90 Å². The summed E-state index contributed by atoms with van der Waals surface area (Å²) in [4.78, 5) is 26.0. The second-order valence-corrected chi connectivity index (χ2v) is 6.80. The number of nitrogens with zero attached hydrogens (tertiary/aromatic N) is 1. The van der Waals surface area contributed by atoms with Gasteiger partial charge in [0, 0.05) is 31.8 Å². The molecule has 1 saturated heterocycles. The highest BCUT2D eigenvalue weighted by Gasteiger charge is 2.29. The van der Waals surface area contributed by atoms with Gasteiger partial charge in [-0.25, -0.2) is 4.79 Å².